The average molecular weight is 264 g/mol. The molecule has 2 unspecified atom stereocenters. The summed E-state index contributed by atoms with van der Waals surface area (Å²) in [6.45, 7) is 2.90. The van der Waals surface area contributed by atoms with Crippen LogP contribution in [0.5, 0.6) is 0 Å². The molecule has 1 fully saturated rings. The maximum atomic E-state index is 11.5. The fourth-order valence-corrected chi connectivity index (χ4v) is 2.18. The molecule has 0 saturated carbocycles. The van der Waals surface area contributed by atoms with Crippen LogP contribution in [-0.4, -0.2) is 40.3 Å². The highest BCUT2D eigenvalue weighted by molar-refractivity contribution is 9.09. The van der Waals surface area contributed by atoms with E-state index in [2.05, 4.69) is 15.9 Å². The number of hydrogen-bond acceptors (Lipinski definition) is 2. The minimum Gasteiger partial charge on any atom is -0.465 e. The molecular weight excluding hydrogens is 250 g/mol. The molecule has 0 radical (unpaired) electrons. The van der Waals surface area contributed by atoms with Gasteiger partial charge in [-0.3, -0.25) is 4.79 Å². The van der Waals surface area contributed by atoms with Crippen molar-refractivity contribution >= 4 is 27.8 Å². The fraction of sp³-hybridized carbons (Fsp3) is 0.778. The summed E-state index contributed by atoms with van der Waals surface area (Å²) in [5.41, 5.74) is 0. The molecule has 4 nitrogen and oxygen atoms in total. The number of ketones is 1. The van der Waals surface area contributed by atoms with Crippen molar-refractivity contribution in [3.63, 3.8) is 0 Å². The second-order valence-corrected chi connectivity index (χ2v) is 4.26. The van der Waals surface area contributed by atoms with E-state index in [0.29, 0.717) is 18.4 Å². The molecule has 0 aliphatic carbocycles. The van der Waals surface area contributed by atoms with Gasteiger partial charge in [-0.15, -0.1) is 0 Å². The van der Waals surface area contributed by atoms with Crippen LogP contribution in [0.4, 0.5) is 4.79 Å². The van der Waals surface area contributed by atoms with Gasteiger partial charge < -0.3 is 10.0 Å². The molecule has 1 rings (SSSR count). The molecule has 1 saturated heterocycles. The van der Waals surface area contributed by atoms with Crippen molar-refractivity contribution in [1.82, 2.24) is 4.90 Å². The Balaban J connectivity index is 2.64. The Morgan fingerprint density at radius 2 is 2.21 bits per heavy atom. The highest BCUT2D eigenvalue weighted by atomic mass is 79.9. The number of nitrogens with zero attached hydrogens (tertiary/aromatic N) is 1. The van der Waals surface area contributed by atoms with Gasteiger partial charge in [0.05, 0.1) is 5.33 Å². The van der Waals surface area contributed by atoms with Gasteiger partial charge in [0.2, 0.25) is 0 Å². The van der Waals surface area contributed by atoms with Crippen molar-refractivity contribution in [3.8, 4) is 0 Å². The number of carbonyl (C=O) groups excluding carboxylic acids is 1. The van der Waals surface area contributed by atoms with Crippen molar-refractivity contribution in [3.05, 3.63) is 0 Å². The van der Waals surface area contributed by atoms with Gasteiger partial charge in [0.15, 0.2) is 0 Å². The second-order valence-electron chi connectivity index (χ2n) is 3.70. The van der Waals surface area contributed by atoms with Crippen LogP contribution < -0.4 is 0 Å². The van der Waals surface area contributed by atoms with E-state index in [1.165, 1.54) is 4.90 Å². The molecule has 1 aliphatic rings. The highest BCUT2D eigenvalue weighted by Crippen LogP contribution is 2.24. The predicted molar refractivity (Wildman–Crippen MR) is 55.7 cm³/mol. The van der Waals surface area contributed by atoms with Crippen LogP contribution in [0.1, 0.15) is 13.3 Å². The van der Waals surface area contributed by atoms with E-state index in [-0.39, 0.29) is 17.6 Å². The first kappa shape index (κ1) is 11.5. The second kappa shape index (κ2) is 4.77. The van der Waals surface area contributed by atoms with Gasteiger partial charge in [-0.1, -0.05) is 22.9 Å². The topological polar surface area (TPSA) is 57.6 Å². The molecule has 1 amide bonds. The summed E-state index contributed by atoms with van der Waals surface area (Å²) in [6.07, 6.45) is -0.153. The molecule has 2 atom stereocenters. The molecule has 5 heteroatoms. The number of piperidine rings is 1. The van der Waals surface area contributed by atoms with E-state index in [0.717, 1.165) is 6.42 Å². The Morgan fingerprint density at radius 1 is 1.57 bits per heavy atom. The molecule has 1 aliphatic heterocycles. The third-order valence-corrected chi connectivity index (χ3v) is 3.33. The molecule has 80 valence electrons. The summed E-state index contributed by atoms with van der Waals surface area (Å²) in [5.74, 6) is 0.248. The zero-order valence-corrected chi connectivity index (χ0v) is 9.66. The third-order valence-electron chi connectivity index (χ3n) is 2.77. The summed E-state index contributed by atoms with van der Waals surface area (Å²) in [5, 5.41) is 9.11. The van der Waals surface area contributed by atoms with Gasteiger partial charge >= 0.3 is 6.09 Å². The normalized spacial score (nSPS) is 27.4. The number of halogens is 1. The Kier molecular flexibility index (Phi) is 3.92. The summed E-state index contributed by atoms with van der Waals surface area (Å²) in [7, 11) is 0. The number of hydrogen-bond donors (Lipinski definition) is 1. The summed E-state index contributed by atoms with van der Waals surface area (Å²) >= 11 is 3.12. The van der Waals surface area contributed by atoms with Crippen LogP contribution in [0.2, 0.25) is 0 Å². The average Bonchev–Trinajstić information content (AvgIpc) is 2.17. The largest absolute Gasteiger partial charge is 0.465 e. The minimum absolute atomic E-state index is 0.100. The lowest BCUT2D eigenvalue weighted by Crippen LogP contribution is -2.45. The van der Waals surface area contributed by atoms with Crippen LogP contribution in [0.15, 0.2) is 0 Å². The van der Waals surface area contributed by atoms with Crippen molar-refractivity contribution in [2.24, 2.45) is 11.8 Å². The first-order chi connectivity index (χ1) is 6.56. The third kappa shape index (κ3) is 2.47. The SMILES string of the molecule is CC1CCN(C(=O)O)CC1C(=O)CBr. The zero-order chi connectivity index (χ0) is 10.7. The van der Waals surface area contributed by atoms with Crippen LogP contribution in [0, 0.1) is 11.8 Å². The van der Waals surface area contributed by atoms with Crippen molar-refractivity contribution < 1.29 is 14.7 Å². The summed E-state index contributed by atoms with van der Waals surface area (Å²) in [6, 6.07) is 0. The lowest BCUT2D eigenvalue weighted by atomic mass is 9.85. The fourth-order valence-electron chi connectivity index (χ4n) is 1.76. The summed E-state index contributed by atoms with van der Waals surface area (Å²) in [4.78, 5) is 23.5. The maximum absolute atomic E-state index is 11.5. The summed E-state index contributed by atoms with van der Waals surface area (Å²) < 4.78 is 0. The monoisotopic (exact) mass is 263 g/mol. The van der Waals surface area contributed by atoms with Crippen molar-refractivity contribution in [2.45, 2.75) is 13.3 Å². The van der Waals surface area contributed by atoms with E-state index in [9.17, 15) is 9.59 Å². The Hall–Kier alpha value is -0.580. The van der Waals surface area contributed by atoms with Crippen LogP contribution >= 0.6 is 15.9 Å². The van der Waals surface area contributed by atoms with E-state index in [4.69, 9.17) is 5.11 Å². The molecule has 1 heterocycles. The van der Waals surface area contributed by atoms with Gasteiger partial charge in [0.1, 0.15) is 5.78 Å². The first-order valence-electron chi connectivity index (χ1n) is 4.62. The molecule has 0 aromatic carbocycles. The lowest BCUT2D eigenvalue weighted by Gasteiger charge is -2.34. The Morgan fingerprint density at radius 3 is 2.71 bits per heavy atom. The van der Waals surface area contributed by atoms with E-state index >= 15 is 0 Å². The van der Waals surface area contributed by atoms with Gasteiger partial charge in [0, 0.05) is 19.0 Å². The predicted octanol–water partition coefficient (Wildman–Crippen LogP) is 1.59. The number of carbonyl (C=O) groups is 2. The van der Waals surface area contributed by atoms with Gasteiger partial charge in [-0.25, -0.2) is 4.79 Å². The number of likely N-dealkylation sites (tertiary alicyclic amines) is 1. The van der Waals surface area contributed by atoms with E-state index < -0.39 is 6.09 Å². The first-order valence-corrected chi connectivity index (χ1v) is 5.75. The lowest BCUT2D eigenvalue weighted by molar-refractivity contribution is -0.123. The standard InChI is InChI=1S/C9H14BrNO3/c1-6-2-3-11(9(13)14)5-7(6)8(12)4-10/h6-7H,2-5H2,1H3,(H,13,14). The van der Waals surface area contributed by atoms with Crippen molar-refractivity contribution in [1.29, 1.82) is 0 Å². The molecule has 0 aromatic heterocycles. The van der Waals surface area contributed by atoms with Crippen molar-refractivity contribution in [2.75, 3.05) is 18.4 Å². The highest BCUT2D eigenvalue weighted by Gasteiger charge is 2.32. The molecular formula is C9H14BrNO3. The van der Waals surface area contributed by atoms with Crippen LogP contribution in [0.25, 0.3) is 0 Å². The molecule has 14 heavy (non-hydrogen) atoms. The minimum atomic E-state index is -0.927. The number of Topliss-reactive ketones (excluding diaryl/α,β-unsaturated/α-hetero) is 1. The molecule has 0 bridgehead atoms. The number of rotatable bonds is 2. The van der Waals surface area contributed by atoms with E-state index in [1.54, 1.807) is 0 Å². The van der Waals surface area contributed by atoms with Crippen LogP contribution in [-0.2, 0) is 4.79 Å². The van der Waals surface area contributed by atoms with Gasteiger partial charge in [-0.2, -0.15) is 0 Å². The molecule has 0 aromatic rings. The number of alkyl halides is 1. The Bertz CT molecular complexity index is 244. The molecule has 0 spiro atoms. The maximum Gasteiger partial charge on any atom is 0.407 e. The molecule has 1 N–H and O–H groups in total. The Labute approximate surface area is 91.4 Å². The van der Waals surface area contributed by atoms with E-state index in [1.807, 2.05) is 6.92 Å². The quantitative estimate of drug-likeness (QED) is 0.770. The van der Waals surface area contributed by atoms with Gasteiger partial charge in [0.25, 0.3) is 0 Å². The van der Waals surface area contributed by atoms with Crippen LogP contribution in [0.3, 0.4) is 0 Å². The number of carboxylic acid groups (broad SMARTS) is 1. The zero-order valence-electron chi connectivity index (χ0n) is 8.07. The smallest absolute Gasteiger partial charge is 0.407 e. The number of amides is 1. The van der Waals surface area contributed by atoms with Gasteiger partial charge in [-0.05, 0) is 12.3 Å².